The Balaban J connectivity index is 2.08. The van der Waals surface area contributed by atoms with Gasteiger partial charge in [-0.05, 0) is 28.1 Å². The van der Waals surface area contributed by atoms with Crippen molar-refractivity contribution in [3.8, 4) is 0 Å². The van der Waals surface area contributed by atoms with Crippen LogP contribution in [-0.4, -0.2) is 29.6 Å². The second-order valence-electron chi connectivity index (χ2n) is 3.22. The molecular formula is C9H12BrN3S. The zero-order valence-electron chi connectivity index (χ0n) is 7.74. The van der Waals surface area contributed by atoms with E-state index in [2.05, 4.69) is 25.8 Å². The summed E-state index contributed by atoms with van der Waals surface area (Å²) in [5.41, 5.74) is 0. The van der Waals surface area contributed by atoms with Crippen molar-refractivity contribution in [3.63, 3.8) is 0 Å². The number of nitrogens with zero attached hydrogens (tertiary/aromatic N) is 2. The fraction of sp³-hybridized carbons (Fsp3) is 0.444. The van der Waals surface area contributed by atoms with Crippen molar-refractivity contribution in [1.82, 2.24) is 4.98 Å². The van der Waals surface area contributed by atoms with Gasteiger partial charge >= 0.3 is 0 Å². The summed E-state index contributed by atoms with van der Waals surface area (Å²) in [7, 11) is -0.118. The predicted molar refractivity (Wildman–Crippen MR) is 64.0 cm³/mol. The monoisotopic (exact) mass is 273 g/mol. The molecule has 3 nitrogen and oxygen atoms in total. The van der Waals surface area contributed by atoms with Crippen LogP contribution >= 0.6 is 15.9 Å². The van der Waals surface area contributed by atoms with E-state index in [0.29, 0.717) is 0 Å². The van der Waals surface area contributed by atoms with E-state index in [1.54, 1.807) is 0 Å². The topological polar surface area (TPSA) is 40.0 Å². The lowest BCUT2D eigenvalue weighted by Gasteiger charge is -2.28. The van der Waals surface area contributed by atoms with Crippen LogP contribution in [0, 0.1) is 4.78 Å². The highest BCUT2D eigenvalue weighted by Gasteiger charge is 2.13. The van der Waals surface area contributed by atoms with Crippen LogP contribution < -0.4 is 4.90 Å². The Morgan fingerprint density at radius 3 is 2.64 bits per heavy atom. The van der Waals surface area contributed by atoms with Gasteiger partial charge in [0, 0.05) is 35.3 Å². The number of hydrogen-bond donors (Lipinski definition) is 1. The fourth-order valence-corrected chi connectivity index (χ4v) is 2.76. The molecule has 1 aliphatic heterocycles. The Bertz CT molecular complexity index is 328. The van der Waals surface area contributed by atoms with E-state index < -0.39 is 0 Å². The zero-order valence-corrected chi connectivity index (χ0v) is 10.1. The van der Waals surface area contributed by atoms with Crippen molar-refractivity contribution in [2.45, 2.75) is 0 Å². The van der Waals surface area contributed by atoms with Crippen LogP contribution in [0.2, 0.25) is 0 Å². The quantitative estimate of drug-likeness (QED) is 0.851. The molecule has 1 aromatic heterocycles. The van der Waals surface area contributed by atoms with Gasteiger partial charge in [0.15, 0.2) is 0 Å². The van der Waals surface area contributed by atoms with Gasteiger partial charge in [0.1, 0.15) is 5.82 Å². The smallest absolute Gasteiger partial charge is 0.128 e. The molecule has 0 spiro atoms. The third-order valence-corrected chi connectivity index (χ3v) is 4.07. The molecule has 2 rings (SSSR count). The van der Waals surface area contributed by atoms with E-state index >= 15 is 0 Å². The summed E-state index contributed by atoms with van der Waals surface area (Å²) in [6.07, 6.45) is 1.82. The SMILES string of the molecule is N=S1CCN(c2ccc(Br)cn2)CC1. The molecule has 0 aliphatic carbocycles. The van der Waals surface area contributed by atoms with Crippen molar-refractivity contribution in [2.24, 2.45) is 0 Å². The molecule has 0 bridgehead atoms. The highest BCUT2D eigenvalue weighted by Crippen LogP contribution is 2.16. The summed E-state index contributed by atoms with van der Waals surface area (Å²) in [5.74, 6) is 3.00. The molecule has 1 fully saturated rings. The summed E-state index contributed by atoms with van der Waals surface area (Å²) < 4.78 is 8.64. The van der Waals surface area contributed by atoms with Crippen LogP contribution in [0.4, 0.5) is 5.82 Å². The van der Waals surface area contributed by atoms with E-state index in [0.717, 1.165) is 34.9 Å². The normalized spacial score (nSPS) is 18.5. The molecule has 1 saturated heterocycles. The van der Waals surface area contributed by atoms with Gasteiger partial charge in [0.25, 0.3) is 0 Å². The molecule has 76 valence electrons. The lowest BCUT2D eigenvalue weighted by Crippen LogP contribution is -2.37. The second-order valence-corrected chi connectivity index (χ2v) is 5.94. The van der Waals surface area contributed by atoms with E-state index in [1.165, 1.54) is 0 Å². The fourth-order valence-electron chi connectivity index (χ4n) is 1.44. The highest BCUT2D eigenvalue weighted by molar-refractivity contribution is 9.10. The van der Waals surface area contributed by atoms with Gasteiger partial charge in [-0.25, -0.2) is 4.98 Å². The Labute approximate surface area is 94.5 Å². The molecular weight excluding hydrogens is 262 g/mol. The van der Waals surface area contributed by atoms with Crippen LogP contribution in [0.5, 0.6) is 0 Å². The van der Waals surface area contributed by atoms with Crippen LogP contribution in [0.25, 0.3) is 0 Å². The van der Waals surface area contributed by atoms with Gasteiger partial charge in [0.05, 0.1) is 0 Å². The van der Waals surface area contributed by atoms with Crippen LogP contribution in [0.15, 0.2) is 22.8 Å². The van der Waals surface area contributed by atoms with E-state index in [-0.39, 0.29) is 10.7 Å². The van der Waals surface area contributed by atoms with E-state index in [4.69, 9.17) is 4.78 Å². The molecule has 0 atom stereocenters. The number of halogens is 1. The van der Waals surface area contributed by atoms with Gasteiger partial charge in [0.2, 0.25) is 0 Å². The Kier molecular flexibility index (Phi) is 3.18. The molecule has 5 heteroatoms. The van der Waals surface area contributed by atoms with Gasteiger partial charge in [-0.1, -0.05) is 0 Å². The standard InChI is InChI=1S/C9H12BrN3S/c10-8-1-2-9(12-7-8)13-3-5-14(11)6-4-13/h1-2,7,11H,3-6H2. The first-order valence-electron chi connectivity index (χ1n) is 4.51. The summed E-state index contributed by atoms with van der Waals surface area (Å²) in [6.45, 7) is 1.95. The second kappa shape index (κ2) is 4.40. The number of aromatic nitrogens is 1. The molecule has 0 unspecified atom stereocenters. The lowest BCUT2D eigenvalue weighted by atomic mass is 10.4. The number of anilines is 1. The van der Waals surface area contributed by atoms with Crippen LogP contribution in [0.3, 0.4) is 0 Å². The molecule has 14 heavy (non-hydrogen) atoms. The Morgan fingerprint density at radius 1 is 1.36 bits per heavy atom. The molecule has 2 heterocycles. The summed E-state index contributed by atoms with van der Waals surface area (Å²) in [6, 6.07) is 4.04. The Morgan fingerprint density at radius 2 is 2.07 bits per heavy atom. The van der Waals surface area contributed by atoms with Crippen molar-refractivity contribution >= 4 is 32.4 Å². The first kappa shape index (κ1) is 10.1. The summed E-state index contributed by atoms with van der Waals surface area (Å²) >= 11 is 3.37. The van der Waals surface area contributed by atoms with Gasteiger partial charge in [-0.15, -0.1) is 10.7 Å². The lowest BCUT2D eigenvalue weighted by molar-refractivity contribution is 0.833. The molecule has 0 aromatic carbocycles. The number of nitrogens with one attached hydrogen (secondary N) is 1. The summed E-state index contributed by atoms with van der Waals surface area (Å²) in [4.78, 5) is 6.60. The maximum Gasteiger partial charge on any atom is 0.128 e. The Hall–Kier alpha value is -0.420. The molecule has 1 N–H and O–H groups in total. The van der Waals surface area contributed by atoms with Crippen LogP contribution in [-0.2, 0) is 10.7 Å². The van der Waals surface area contributed by atoms with Crippen LogP contribution in [0.1, 0.15) is 0 Å². The predicted octanol–water partition coefficient (Wildman–Crippen LogP) is 2.04. The highest BCUT2D eigenvalue weighted by atomic mass is 79.9. The minimum atomic E-state index is -0.118. The van der Waals surface area contributed by atoms with E-state index in [9.17, 15) is 0 Å². The molecule has 0 amide bonds. The minimum Gasteiger partial charge on any atom is -0.355 e. The third-order valence-electron chi connectivity index (χ3n) is 2.25. The minimum absolute atomic E-state index is 0.118. The van der Waals surface area contributed by atoms with Crippen molar-refractivity contribution in [1.29, 1.82) is 4.78 Å². The van der Waals surface area contributed by atoms with Gasteiger partial charge < -0.3 is 4.90 Å². The number of hydrogen-bond acceptors (Lipinski definition) is 3. The molecule has 0 radical (unpaired) electrons. The zero-order chi connectivity index (χ0) is 9.97. The van der Waals surface area contributed by atoms with Crippen molar-refractivity contribution in [2.75, 3.05) is 29.5 Å². The van der Waals surface area contributed by atoms with Crippen molar-refractivity contribution < 1.29 is 0 Å². The first-order chi connectivity index (χ1) is 6.75. The maximum absolute atomic E-state index is 7.63. The average Bonchev–Trinajstić information content (AvgIpc) is 2.21. The third kappa shape index (κ3) is 2.33. The first-order valence-corrected chi connectivity index (χ1v) is 6.86. The van der Waals surface area contributed by atoms with E-state index in [1.807, 2.05) is 18.3 Å². The summed E-state index contributed by atoms with van der Waals surface area (Å²) in [5, 5.41) is 0. The molecule has 0 saturated carbocycles. The molecule has 1 aliphatic rings. The van der Waals surface area contributed by atoms with Gasteiger partial charge in [-0.2, -0.15) is 0 Å². The number of pyridine rings is 1. The maximum atomic E-state index is 7.63. The average molecular weight is 274 g/mol. The molecule has 1 aromatic rings. The number of rotatable bonds is 1. The van der Waals surface area contributed by atoms with Crippen molar-refractivity contribution in [3.05, 3.63) is 22.8 Å². The largest absolute Gasteiger partial charge is 0.355 e. The van der Waals surface area contributed by atoms with Gasteiger partial charge in [-0.3, -0.25) is 4.78 Å².